The van der Waals surface area contributed by atoms with Gasteiger partial charge in [-0.15, -0.1) is 0 Å². The third kappa shape index (κ3) is 1.49. The van der Waals surface area contributed by atoms with E-state index in [4.69, 9.17) is 0 Å². The number of benzene rings is 3. The van der Waals surface area contributed by atoms with Crippen molar-refractivity contribution in [1.82, 2.24) is 0 Å². The van der Waals surface area contributed by atoms with Crippen LogP contribution in [-0.4, -0.2) is 0 Å². The van der Waals surface area contributed by atoms with Gasteiger partial charge in [0.15, 0.2) is 0 Å². The van der Waals surface area contributed by atoms with E-state index in [-0.39, 0.29) is 0 Å². The minimum Gasteiger partial charge on any atom is -0.194 e. The van der Waals surface area contributed by atoms with E-state index in [0.717, 1.165) is 0 Å². The highest BCUT2D eigenvalue weighted by molar-refractivity contribution is 6.21. The van der Waals surface area contributed by atoms with Crippen LogP contribution >= 0.6 is 0 Å². The molecule has 1 aliphatic rings. The molecule has 3 aromatic carbocycles. The Balaban J connectivity index is 2.15. The summed E-state index contributed by atoms with van der Waals surface area (Å²) >= 11 is 0. The van der Waals surface area contributed by atoms with Crippen molar-refractivity contribution in [3.8, 4) is 22.3 Å². The summed E-state index contributed by atoms with van der Waals surface area (Å²) in [5, 5.41) is 2.75. The standard InChI is InChI=1S/C22H18N/c1-13-11-14(2)20-17(12-13)15-8-6-10-19-21(15)22(20)16-7-4-5-9-18(16)23(19)3/h4-12H,1-3H3/q+1. The summed E-state index contributed by atoms with van der Waals surface area (Å²) in [5.41, 5.74) is 10.9. The molecule has 1 aromatic heterocycles. The van der Waals surface area contributed by atoms with E-state index >= 15 is 0 Å². The molecule has 0 atom stereocenters. The van der Waals surface area contributed by atoms with Crippen molar-refractivity contribution in [2.24, 2.45) is 7.05 Å². The fourth-order valence-electron chi connectivity index (χ4n) is 4.32. The van der Waals surface area contributed by atoms with Gasteiger partial charge in [-0.2, -0.15) is 4.57 Å². The molecule has 4 aromatic rings. The van der Waals surface area contributed by atoms with Crippen LogP contribution in [0.3, 0.4) is 0 Å². The Hall–Kier alpha value is -2.67. The van der Waals surface area contributed by atoms with E-state index in [1.165, 1.54) is 55.2 Å². The third-order valence-electron chi connectivity index (χ3n) is 5.21. The Morgan fingerprint density at radius 1 is 0.739 bits per heavy atom. The number of aromatic nitrogens is 1. The lowest BCUT2D eigenvalue weighted by Crippen LogP contribution is -2.30. The summed E-state index contributed by atoms with van der Waals surface area (Å²) in [6.45, 7) is 4.43. The Labute approximate surface area is 135 Å². The van der Waals surface area contributed by atoms with Crippen molar-refractivity contribution >= 4 is 21.8 Å². The van der Waals surface area contributed by atoms with Crippen LogP contribution in [-0.2, 0) is 7.05 Å². The fraction of sp³-hybridized carbons (Fsp3) is 0.136. The van der Waals surface area contributed by atoms with Gasteiger partial charge in [0.05, 0.1) is 10.8 Å². The average molecular weight is 296 g/mol. The number of nitrogens with zero attached hydrogens (tertiary/aromatic N) is 1. The van der Waals surface area contributed by atoms with Crippen molar-refractivity contribution in [2.45, 2.75) is 13.8 Å². The van der Waals surface area contributed by atoms with E-state index in [1.807, 2.05) is 0 Å². The van der Waals surface area contributed by atoms with Crippen molar-refractivity contribution in [2.75, 3.05) is 0 Å². The molecule has 0 spiro atoms. The first-order chi connectivity index (χ1) is 11.2. The number of para-hydroxylation sites is 1. The van der Waals surface area contributed by atoms with Gasteiger partial charge in [0.25, 0.3) is 0 Å². The molecule has 0 N–H and O–H groups in total. The average Bonchev–Trinajstić information content (AvgIpc) is 2.88. The highest BCUT2D eigenvalue weighted by Gasteiger charge is 2.29. The first-order valence-electron chi connectivity index (χ1n) is 8.12. The van der Waals surface area contributed by atoms with Gasteiger partial charge in [-0.1, -0.05) is 42.0 Å². The van der Waals surface area contributed by atoms with Gasteiger partial charge in [-0.25, -0.2) is 0 Å². The molecular formula is C22H18N+. The molecule has 0 amide bonds. The van der Waals surface area contributed by atoms with Crippen LogP contribution in [0, 0.1) is 13.8 Å². The lowest BCUT2D eigenvalue weighted by Gasteiger charge is -2.09. The van der Waals surface area contributed by atoms with Crippen LogP contribution in [0.15, 0.2) is 54.6 Å². The van der Waals surface area contributed by atoms with Crippen LogP contribution in [0.2, 0.25) is 0 Å². The smallest absolute Gasteiger partial charge is 0.194 e. The lowest BCUT2D eigenvalue weighted by molar-refractivity contribution is -0.617. The molecule has 1 nitrogen and oxygen atoms in total. The molecule has 5 rings (SSSR count). The number of hydrogen-bond acceptors (Lipinski definition) is 0. The van der Waals surface area contributed by atoms with Crippen molar-refractivity contribution in [3.63, 3.8) is 0 Å². The van der Waals surface area contributed by atoms with Gasteiger partial charge in [0.1, 0.15) is 7.05 Å². The van der Waals surface area contributed by atoms with E-state index < -0.39 is 0 Å². The minimum absolute atomic E-state index is 1.29. The van der Waals surface area contributed by atoms with Gasteiger partial charge in [-0.05, 0) is 42.2 Å². The zero-order valence-electron chi connectivity index (χ0n) is 13.6. The largest absolute Gasteiger partial charge is 0.214 e. The monoisotopic (exact) mass is 296 g/mol. The summed E-state index contributed by atoms with van der Waals surface area (Å²) in [6.07, 6.45) is 0. The van der Waals surface area contributed by atoms with Crippen molar-refractivity contribution in [3.05, 3.63) is 65.7 Å². The molecule has 0 unspecified atom stereocenters. The predicted octanol–water partition coefficient (Wildman–Crippen LogP) is 5.08. The van der Waals surface area contributed by atoms with Crippen LogP contribution in [0.4, 0.5) is 0 Å². The third-order valence-corrected chi connectivity index (χ3v) is 5.21. The molecule has 0 aliphatic heterocycles. The molecule has 0 bridgehead atoms. The number of pyridine rings is 1. The molecule has 0 saturated heterocycles. The summed E-state index contributed by atoms with van der Waals surface area (Å²) in [5.74, 6) is 0. The Kier molecular flexibility index (Phi) is 2.34. The summed E-state index contributed by atoms with van der Waals surface area (Å²) in [6, 6.07) is 20.1. The molecular weight excluding hydrogens is 278 g/mol. The van der Waals surface area contributed by atoms with E-state index in [2.05, 4.69) is 80.1 Å². The Bertz CT molecular complexity index is 1140. The second-order valence-electron chi connectivity index (χ2n) is 6.66. The molecule has 1 aliphatic carbocycles. The fourth-order valence-corrected chi connectivity index (χ4v) is 4.32. The van der Waals surface area contributed by atoms with Gasteiger partial charge in [-0.3, -0.25) is 0 Å². The Morgan fingerprint density at radius 3 is 2.39 bits per heavy atom. The molecule has 0 fully saturated rings. The highest BCUT2D eigenvalue weighted by atomic mass is 14.9. The molecule has 23 heavy (non-hydrogen) atoms. The van der Waals surface area contributed by atoms with Crippen molar-refractivity contribution in [1.29, 1.82) is 0 Å². The van der Waals surface area contributed by atoms with Gasteiger partial charge >= 0.3 is 0 Å². The van der Waals surface area contributed by atoms with Gasteiger partial charge in [0.2, 0.25) is 11.0 Å². The van der Waals surface area contributed by atoms with Gasteiger partial charge < -0.3 is 0 Å². The maximum Gasteiger partial charge on any atom is 0.214 e. The Morgan fingerprint density at radius 2 is 1.52 bits per heavy atom. The first-order valence-corrected chi connectivity index (χ1v) is 8.12. The molecule has 1 heterocycles. The summed E-state index contributed by atoms with van der Waals surface area (Å²) in [4.78, 5) is 0. The normalized spacial score (nSPS) is 12.1. The zero-order chi connectivity index (χ0) is 15.7. The van der Waals surface area contributed by atoms with E-state index in [0.29, 0.717) is 0 Å². The van der Waals surface area contributed by atoms with Crippen LogP contribution in [0.25, 0.3) is 44.1 Å². The van der Waals surface area contributed by atoms with Crippen LogP contribution in [0.5, 0.6) is 0 Å². The molecule has 0 radical (unpaired) electrons. The first kappa shape index (κ1) is 12.8. The van der Waals surface area contributed by atoms with Gasteiger partial charge in [0, 0.05) is 17.7 Å². The van der Waals surface area contributed by atoms with Crippen LogP contribution < -0.4 is 4.57 Å². The van der Waals surface area contributed by atoms with E-state index in [1.54, 1.807) is 0 Å². The lowest BCUT2D eigenvalue weighted by atomic mass is 9.95. The topological polar surface area (TPSA) is 3.88 Å². The second kappa shape index (κ2) is 4.20. The number of aryl methyl sites for hydroxylation is 3. The predicted molar refractivity (Wildman–Crippen MR) is 96.5 cm³/mol. The zero-order valence-corrected chi connectivity index (χ0v) is 13.6. The maximum atomic E-state index is 2.34. The SMILES string of the molecule is Cc1cc(C)c2c(c1)-c1cccc3c1c-2c1ccccc1[n+]3C. The van der Waals surface area contributed by atoms with Crippen LogP contribution in [0.1, 0.15) is 11.1 Å². The summed E-state index contributed by atoms with van der Waals surface area (Å²) in [7, 11) is 2.17. The molecule has 0 saturated carbocycles. The maximum absolute atomic E-state index is 2.34. The number of hydrogen-bond donors (Lipinski definition) is 0. The quantitative estimate of drug-likeness (QED) is 0.277. The minimum atomic E-state index is 1.29. The molecule has 110 valence electrons. The van der Waals surface area contributed by atoms with Crippen molar-refractivity contribution < 1.29 is 4.57 Å². The number of fused-ring (bicyclic) bond motifs is 5. The molecule has 1 heteroatoms. The summed E-state index contributed by atoms with van der Waals surface area (Å²) < 4.78 is 2.33. The highest BCUT2D eigenvalue weighted by Crippen LogP contribution is 2.50. The number of rotatable bonds is 0. The second-order valence-corrected chi connectivity index (χ2v) is 6.66. The van der Waals surface area contributed by atoms with E-state index in [9.17, 15) is 0 Å².